The van der Waals surface area contributed by atoms with Gasteiger partial charge in [0.2, 0.25) is 11.3 Å². The Hall–Kier alpha value is -0.550. The van der Waals surface area contributed by atoms with Crippen molar-refractivity contribution in [3.8, 4) is 0 Å². The lowest BCUT2D eigenvalue weighted by atomic mass is 10.3. The van der Waals surface area contributed by atoms with E-state index in [9.17, 15) is 9.59 Å². The predicted molar refractivity (Wildman–Crippen MR) is 50.4 cm³/mol. The number of rotatable bonds is 5. The zero-order valence-electron chi connectivity index (χ0n) is 7.54. The lowest BCUT2D eigenvalue weighted by molar-refractivity contribution is -0.121. The summed E-state index contributed by atoms with van der Waals surface area (Å²) in [5.74, 6) is 0. The van der Waals surface area contributed by atoms with Crippen LogP contribution in [0.3, 0.4) is 0 Å². The molecule has 74 valence electrons. The van der Waals surface area contributed by atoms with Crippen LogP contribution in [-0.2, 0) is 9.53 Å². The monoisotopic (exact) mass is 203 g/mol. The van der Waals surface area contributed by atoms with Gasteiger partial charge in [-0.25, -0.2) is 0 Å². The predicted octanol–water partition coefficient (Wildman–Crippen LogP) is 1.50. The molecule has 1 heterocycles. The summed E-state index contributed by atoms with van der Waals surface area (Å²) in [7, 11) is 0. The molecule has 1 saturated heterocycles. The van der Waals surface area contributed by atoms with Gasteiger partial charge < -0.3 is 10.1 Å². The minimum atomic E-state index is -0.714. The summed E-state index contributed by atoms with van der Waals surface area (Å²) in [6.07, 6.45) is 2.42. The highest BCUT2D eigenvalue weighted by Gasteiger charge is 2.31. The Morgan fingerprint density at radius 2 is 2.23 bits per heavy atom. The van der Waals surface area contributed by atoms with E-state index in [1.54, 1.807) is 0 Å². The van der Waals surface area contributed by atoms with Gasteiger partial charge in [-0.3, -0.25) is 9.59 Å². The molecule has 1 N–H and O–H groups in total. The molecule has 5 heteroatoms. The first-order chi connectivity index (χ1) is 6.24. The smallest absolute Gasteiger partial charge is 0.289 e. The minimum Gasteiger partial charge on any atom is -0.350 e. The summed E-state index contributed by atoms with van der Waals surface area (Å²) in [4.78, 5) is 21.7. The number of unbranched alkanes of at least 4 members (excludes halogenated alkanes) is 2. The number of thioether (sulfide) groups is 1. The van der Waals surface area contributed by atoms with E-state index in [-0.39, 0.29) is 10.4 Å². The molecule has 4 nitrogen and oxygen atoms in total. The first kappa shape index (κ1) is 10.5. The van der Waals surface area contributed by atoms with Crippen LogP contribution in [-0.4, -0.2) is 23.2 Å². The summed E-state index contributed by atoms with van der Waals surface area (Å²) in [6, 6.07) is 0. The molecule has 1 aliphatic heterocycles. The van der Waals surface area contributed by atoms with E-state index in [0.29, 0.717) is 18.4 Å². The van der Waals surface area contributed by atoms with E-state index in [2.05, 4.69) is 12.2 Å². The molecule has 1 rings (SSSR count). The van der Waals surface area contributed by atoms with Crippen LogP contribution in [0.5, 0.6) is 0 Å². The number of hydrogen-bond donors (Lipinski definition) is 1. The van der Waals surface area contributed by atoms with Crippen LogP contribution >= 0.6 is 11.8 Å². The Morgan fingerprint density at radius 3 is 2.77 bits per heavy atom. The van der Waals surface area contributed by atoms with Crippen LogP contribution in [0, 0.1) is 0 Å². The minimum absolute atomic E-state index is 0.235. The number of hydrogen-bond acceptors (Lipinski definition) is 4. The van der Waals surface area contributed by atoms with Gasteiger partial charge in [-0.05, 0) is 6.42 Å². The van der Waals surface area contributed by atoms with Gasteiger partial charge in [0.15, 0.2) is 0 Å². The molecule has 13 heavy (non-hydrogen) atoms. The summed E-state index contributed by atoms with van der Waals surface area (Å²) < 4.78 is 5.19. The average molecular weight is 203 g/mol. The second-order valence-electron chi connectivity index (χ2n) is 2.81. The number of ether oxygens (including phenoxy) is 1. The molecule has 0 bridgehead atoms. The Bertz CT molecular complexity index is 208. The van der Waals surface area contributed by atoms with Crippen LogP contribution in [0.1, 0.15) is 26.2 Å². The van der Waals surface area contributed by atoms with Gasteiger partial charge in [0.25, 0.3) is 5.24 Å². The molecule has 1 fully saturated rings. The van der Waals surface area contributed by atoms with Crippen LogP contribution in [0.25, 0.3) is 0 Å². The van der Waals surface area contributed by atoms with Gasteiger partial charge in [0.1, 0.15) is 0 Å². The fourth-order valence-electron chi connectivity index (χ4n) is 1.00. The van der Waals surface area contributed by atoms with E-state index in [1.165, 1.54) is 0 Å². The first-order valence-electron chi connectivity index (χ1n) is 4.38. The zero-order chi connectivity index (χ0) is 9.68. The van der Waals surface area contributed by atoms with Gasteiger partial charge >= 0.3 is 0 Å². The van der Waals surface area contributed by atoms with Crippen molar-refractivity contribution in [2.75, 3.05) is 6.61 Å². The van der Waals surface area contributed by atoms with Gasteiger partial charge in [-0.15, -0.1) is 0 Å². The fraction of sp³-hybridized carbons (Fsp3) is 0.750. The number of carbonyl (C=O) groups excluding carboxylic acids is 2. The van der Waals surface area contributed by atoms with Crippen LogP contribution in [0.4, 0.5) is 4.79 Å². The molecular formula is C8H13NO3S. The standard InChI is InChI=1S/C8H13NO3S/c1-2-3-4-5-12-6-7(10)13-8(11)9-6/h6H,2-5H2,1H3,(H,9,11). The number of amides is 1. The lowest BCUT2D eigenvalue weighted by Gasteiger charge is -2.08. The molecule has 0 aromatic heterocycles. The normalized spacial score (nSPS) is 22.1. The zero-order valence-corrected chi connectivity index (χ0v) is 8.36. The summed E-state index contributed by atoms with van der Waals surface area (Å²) >= 11 is 0.678. The number of carbonyl (C=O) groups is 2. The van der Waals surface area contributed by atoms with Crippen molar-refractivity contribution in [2.45, 2.75) is 32.4 Å². The van der Waals surface area contributed by atoms with Crippen molar-refractivity contribution >= 4 is 22.1 Å². The van der Waals surface area contributed by atoms with E-state index in [0.717, 1.165) is 19.3 Å². The van der Waals surface area contributed by atoms with Gasteiger partial charge in [-0.1, -0.05) is 19.8 Å². The third-order valence-corrected chi connectivity index (χ3v) is 2.41. The third-order valence-electron chi connectivity index (χ3n) is 1.69. The first-order valence-corrected chi connectivity index (χ1v) is 5.19. The van der Waals surface area contributed by atoms with Gasteiger partial charge in [0.05, 0.1) is 0 Å². The summed E-state index contributed by atoms with van der Waals surface area (Å²) in [5, 5.41) is 1.88. The third kappa shape index (κ3) is 3.36. The Morgan fingerprint density at radius 1 is 1.46 bits per heavy atom. The van der Waals surface area contributed by atoms with E-state index >= 15 is 0 Å². The summed E-state index contributed by atoms with van der Waals surface area (Å²) in [5.41, 5.74) is 0. The van der Waals surface area contributed by atoms with E-state index in [1.807, 2.05) is 0 Å². The summed E-state index contributed by atoms with van der Waals surface area (Å²) in [6.45, 7) is 2.63. The van der Waals surface area contributed by atoms with Crippen molar-refractivity contribution in [3.63, 3.8) is 0 Å². The maximum absolute atomic E-state index is 11.0. The Balaban J connectivity index is 2.14. The van der Waals surface area contributed by atoms with Gasteiger partial charge in [-0.2, -0.15) is 0 Å². The van der Waals surface area contributed by atoms with Crippen molar-refractivity contribution in [1.82, 2.24) is 5.32 Å². The number of nitrogens with one attached hydrogen (secondary N) is 1. The molecule has 1 aliphatic rings. The van der Waals surface area contributed by atoms with Crippen LogP contribution in [0.2, 0.25) is 0 Å². The van der Waals surface area contributed by atoms with Crippen molar-refractivity contribution in [2.24, 2.45) is 0 Å². The van der Waals surface area contributed by atoms with E-state index in [4.69, 9.17) is 4.74 Å². The lowest BCUT2D eigenvalue weighted by Crippen LogP contribution is -2.31. The largest absolute Gasteiger partial charge is 0.350 e. The average Bonchev–Trinajstić information content (AvgIpc) is 2.39. The molecule has 0 saturated carbocycles. The van der Waals surface area contributed by atoms with E-state index < -0.39 is 6.23 Å². The molecule has 0 radical (unpaired) electrons. The Labute approximate surface area is 81.4 Å². The van der Waals surface area contributed by atoms with Crippen molar-refractivity contribution in [3.05, 3.63) is 0 Å². The highest BCUT2D eigenvalue weighted by molar-refractivity contribution is 8.26. The second-order valence-corrected chi connectivity index (χ2v) is 3.79. The van der Waals surface area contributed by atoms with Crippen molar-refractivity contribution in [1.29, 1.82) is 0 Å². The molecule has 0 aliphatic carbocycles. The maximum Gasteiger partial charge on any atom is 0.289 e. The molecular weight excluding hydrogens is 190 g/mol. The molecule has 1 atom stereocenters. The van der Waals surface area contributed by atoms with Crippen LogP contribution in [0.15, 0.2) is 0 Å². The SMILES string of the molecule is CCCCCOC1NC(=O)SC1=O. The van der Waals surface area contributed by atoms with Gasteiger partial charge in [0, 0.05) is 18.4 Å². The Kier molecular flexibility index (Phi) is 4.24. The highest BCUT2D eigenvalue weighted by atomic mass is 32.2. The fourth-order valence-corrected chi connectivity index (χ4v) is 1.59. The second kappa shape index (κ2) is 5.24. The molecule has 0 spiro atoms. The molecule has 0 aromatic rings. The molecule has 1 amide bonds. The quantitative estimate of drug-likeness (QED) is 0.688. The van der Waals surface area contributed by atoms with Crippen LogP contribution < -0.4 is 5.32 Å². The molecule has 1 unspecified atom stereocenters. The topological polar surface area (TPSA) is 55.4 Å². The highest BCUT2D eigenvalue weighted by Crippen LogP contribution is 2.16. The molecule has 0 aromatic carbocycles. The maximum atomic E-state index is 11.0. The van der Waals surface area contributed by atoms with Crippen molar-refractivity contribution < 1.29 is 14.3 Å².